The largest absolute Gasteiger partial charge is 0.371 e. The summed E-state index contributed by atoms with van der Waals surface area (Å²) in [6, 6.07) is 7.01. The highest BCUT2D eigenvalue weighted by atomic mass is 35.5. The van der Waals surface area contributed by atoms with E-state index in [2.05, 4.69) is 16.8 Å². The van der Waals surface area contributed by atoms with Gasteiger partial charge >= 0.3 is 0 Å². The summed E-state index contributed by atoms with van der Waals surface area (Å²) in [6.07, 6.45) is 0.908. The molecule has 1 aromatic carbocycles. The normalized spacial score (nSPS) is 28.3. The molecule has 1 atom stereocenters. The molecule has 0 aromatic heterocycles. The van der Waals surface area contributed by atoms with E-state index in [0.29, 0.717) is 25.7 Å². The molecule has 0 N–H and O–H groups in total. The summed E-state index contributed by atoms with van der Waals surface area (Å²) in [5, 5.41) is 0.270. The van der Waals surface area contributed by atoms with E-state index >= 15 is 0 Å². The molecule has 0 saturated carbocycles. The van der Waals surface area contributed by atoms with Crippen molar-refractivity contribution in [2.24, 2.45) is 0 Å². The van der Waals surface area contributed by atoms with Crippen molar-refractivity contribution in [3.8, 4) is 0 Å². The summed E-state index contributed by atoms with van der Waals surface area (Å²) < 4.78 is 33.1. The highest BCUT2D eigenvalue weighted by molar-refractivity contribution is 7.89. The van der Waals surface area contributed by atoms with Gasteiger partial charge in [0.2, 0.25) is 10.0 Å². The van der Waals surface area contributed by atoms with E-state index in [4.69, 9.17) is 16.3 Å². The van der Waals surface area contributed by atoms with Crippen LogP contribution < -0.4 is 0 Å². The van der Waals surface area contributed by atoms with Crippen LogP contribution in [0.15, 0.2) is 29.2 Å². The van der Waals surface area contributed by atoms with E-state index in [0.717, 1.165) is 32.6 Å². The molecule has 3 aliphatic heterocycles. The number of sulfonamides is 1. The maximum atomic E-state index is 12.8. The lowest BCUT2D eigenvalue weighted by Crippen LogP contribution is -2.63. The van der Waals surface area contributed by atoms with Crippen LogP contribution in [0.3, 0.4) is 0 Å². The summed E-state index contributed by atoms with van der Waals surface area (Å²) >= 11 is 6.07. The van der Waals surface area contributed by atoms with Crippen LogP contribution in [0.4, 0.5) is 0 Å². The topological polar surface area (TPSA) is 53.1 Å². The van der Waals surface area contributed by atoms with Crippen molar-refractivity contribution in [2.75, 3.05) is 52.9 Å². The zero-order valence-corrected chi connectivity index (χ0v) is 16.0. The van der Waals surface area contributed by atoms with Crippen LogP contribution in [-0.2, 0) is 14.8 Å². The van der Waals surface area contributed by atoms with Crippen LogP contribution in [0.2, 0.25) is 5.02 Å². The Balaban J connectivity index is 1.40. The molecule has 0 radical (unpaired) electrons. The minimum absolute atomic E-state index is 0.181. The number of ether oxygens (including phenoxy) is 1. The lowest BCUT2D eigenvalue weighted by atomic mass is 9.91. The number of halogens is 1. The molecule has 0 aliphatic carbocycles. The number of hydrogen-bond donors (Lipinski definition) is 0. The number of benzene rings is 1. The fraction of sp³-hybridized carbons (Fsp3) is 0.647. The molecule has 3 fully saturated rings. The number of nitrogens with zero attached hydrogens (tertiary/aromatic N) is 3. The van der Waals surface area contributed by atoms with Crippen LogP contribution in [-0.4, -0.2) is 87.1 Å². The second-order valence-corrected chi connectivity index (χ2v) is 9.71. The van der Waals surface area contributed by atoms with E-state index < -0.39 is 10.0 Å². The van der Waals surface area contributed by atoms with Gasteiger partial charge in [-0.15, -0.1) is 0 Å². The summed E-state index contributed by atoms with van der Waals surface area (Å²) in [5.74, 6) is 0. The first kappa shape index (κ1) is 17.7. The average molecular weight is 386 g/mol. The van der Waals surface area contributed by atoms with Crippen molar-refractivity contribution < 1.29 is 13.2 Å². The predicted molar refractivity (Wildman–Crippen MR) is 96.4 cm³/mol. The van der Waals surface area contributed by atoms with Gasteiger partial charge in [-0.05, 0) is 25.6 Å². The Labute approximate surface area is 154 Å². The van der Waals surface area contributed by atoms with Gasteiger partial charge < -0.3 is 9.64 Å². The first-order valence-electron chi connectivity index (χ1n) is 8.71. The molecular weight excluding hydrogens is 362 g/mol. The van der Waals surface area contributed by atoms with Crippen LogP contribution in [0.25, 0.3) is 0 Å². The first-order valence-corrected chi connectivity index (χ1v) is 10.5. The average Bonchev–Trinajstić information content (AvgIpc) is 3.00. The van der Waals surface area contributed by atoms with Gasteiger partial charge in [-0.1, -0.05) is 23.7 Å². The zero-order valence-electron chi connectivity index (χ0n) is 14.4. The van der Waals surface area contributed by atoms with Crippen molar-refractivity contribution in [1.82, 2.24) is 14.1 Å². The summed E-state index contributed by atoms with van der Waals surface area (Å²) in [7, 11) is -1.40. The van der Waals surface area contributed by atoms with E-state index in [1.165, 1.54) is 4.31 Å². The van der Waals surface area contributed by atoms with Gasteiger partial charge in [0.25, 0.3) is 0 Å². The highest BCUT2D eigenvalue weighted by Gasteiger charge is 2.54. The molecular formula is C17H24ClN3O3S. The molecule has 25 heavy (non-hydrogen) atoms. The monoisotopic (exact) mass is 385 g/mol. The van der Waals surface area contributed by atoms with Crippen molar-refractivity contribution >= 4 is 21.6 Å². The van der Waals surface area contributed by atoms with Crippen LogP contribution in [0.5, 0.6) is 0 Å². The molecule has 0 unspecified atom stereocenters. The Morgan fingerprint density at radius 1 is 1.16 bits per heavy atom. The Kier molecular flexibility index (Phi) is 4.58. The molecule has 6 nitrogen and oxygen atoms in total. The Morgan fingerprint density at radius 2 is 1.84 bits per heavy atom. The SMILES string of the molecule is CN1CCN([C@@H]2COC3(C2)CN(S(=O)(=O)c2ccccc2Cl)C3)CC1. The minimum atomic E-state index is -3.54. The van der Waals surface area contributed by atoms with Crippen molar-refractivity contribution in [2.45, 2.75) is 23.0 Å². The molecule has 3 saturated heterocycles. The molecule has 138 valence electrons. The Morgan fingerprint density at radius 3 is 2.52 bits per heavy atom. The molecule has 3 aliphatic rings. The standard InChI is InChI=1S/C17H24ClN3O3S/c1-19-6-8-20(9-7-19)14-10-17(24-11-14)12-21(13-17)25(22,23)16-5-3-2-4-15(16)18/h2-5,14H,6-13H2,1H3/t14-/m0/s1. The fourth-order valence-electron chi connectivity index (χ4n) is 4.02. The fourth-order valence-corrected chi connectivity index (χ4v) is 6.10. The lowest BCUT2D eigenvalue weighted by molar-refractivity contribution is -0.0774. The Hall–Kier alpha value is -0.700. The van der Waals surface area contributed by atoms with Crippen molar-refractivity contribution in [3.05, 3.63) is 29.3 Å². The highest BCUT2D eigenvalue weighted by Crippen LogP contribution is 2.40. The zero-order chi connectivity index (χ0) is 17.7. The molecule has 0 amide bonds. The van der Waals surface area contributed by atoms with Gasteiger partial charge in [-0.3, -0.25) is 4.90 Å². The third-order valence-corrected chi connectivity index (χ3v) is 7.92. The van der Waals surface area contributed by atoms with Crippen molar-refractivity contribution in [1.29, 1.82) is 0 Å². The van der Waals surface area contributed by atoms with Gasteiger partial charge in [0.05, 0.1) is 17.2 Å². The minimum Gasteiger partial charge on any atom is -0.371 e. The van der Waals surface area contributed by atoms with E-state index in [9.17, 15) is 8.42 Å². The number of rotatable bonds is 3. The molecule has 1 aromatic rings. The second-order valence-electron chi connectivity index (χ2n) is 7.39. The van der Waals surface area contributed by atoms with E-state index in [-0.39, 0.29) is 15.5 Å². The molecule has 0 bridgehead atoms. The maximum Gasteiger partial charge on any atom is 0.244 e. The molecule has 1 spiro atoms. The van der Waals surface area contributed by atoms with Crippen LogP contribution in [0, 0.1) is 0 Å². The molecule has 8 heteroatoms. The van der Waals surface area contributed by atoms with Crippen LogP contribution >= 0.6 is 11.6 Å². The first-order chi connectivity index (χ1) is 11.9. The third kappa shape index (κ3) is 3.22. The maximum absolute atomic E-state index is 12.8. The van der Waals surface area contributed by atoms with Gasteiger partial charge in [0.1, 0.15) is 4.90 Å². The van der Waals surface area contributed by atoms with Gasteiger partial charge in [-0.25, -0.2) is 8.42 Å². The van der Waals surface area contributed by atoms with E-state index in [1.54, 1.807) is 24.3 Å². The predicted octanol–water partition coefficient (Wildman–Crippen LogP) is 1.12. The number of hydrogen-bond acceptors (Lipinski definition) is 5. The van der Waals surface area contributed by atoms with Crippen molar-refractivity contribution in [3.63, 3.8) is 0 Å². The Bertz CT molecular complexity index is 743. The third-order valence-electron chi connectivity index (χ3n) is 5.63. The number of likely N-dealkylation sites (N-methyl/N-ethyl adjacent to an activating group) is 1. The summed E-state index contributed by atoms with van der Waals surface area (Å²) in [6.45, 7) is 5.82. The smallest absolute Gasteiger partial charge is 0.244 e. The lowest BCUT2D eigenvalue weighted by Gasteiger charge is -2.46. The van der Waals surface area contributed by atoms with Gasteiger partial charge in [0, 0.05) is 45.3 Å². The van der Waals surface area contributed by atoms with E-state index in [1.807, 2.05) is 0 Å². The summed E-state index contributed by atoms with van der Waals surface area (Å²) in [5.41, 5.74) is -0.317. The number of piperazine rings is 1. The van der Waals surface area contributed by atoms with Gasteiger partial charge in [-0.2, -0.15) is 4.31 Å². The quantitative estimate of drug-likeness (QED) is 0.780. The second kappa shape index (κ2) is 6.48. The van der Waals surface area contributed by atoms with Gasteiger partial charge in [0.15, 0.2) is 0 Å². The van der Waals surface area contributed by atoms with Crippen LogP contribution in [0.1, 0.15) is 6.42 Å². The molecule has 4 rings (SSSR count). The summed E-state index contributed by atoms with van der Waals surface area (Å²) in [4.78, 5) is 5.00. The molecule has 3 heterocycles.